The monoisotopic (exact) mass is 349 g/mol. The van der Waals surface area contributed by atoms with Gasteiger partial charge in [0.1, 0.15) is 11.6 Å². The number of aromatic nitrogens is 1. The van der Waals surface area contributed by atoms with E-state index in [-0.39, 0.29) is 12.5 Å². The van der Waals surface area contributed by atoms with Crippen LogP contribution >= 0.6 is 0 Å². The molecule has 0 aromatic carbocycles. The first-order chi connectivity index (χ1) is 11.7. The van der Waals surface area contributed by atoms with Gasteiger partial charge in [0, 0.05) is 12.7 Å². The molecule has 2 heterocycles. The molecule has 0 bridgehead atoms. The van der Waals surface area contributed by atoms with Gasteiger partial charge in [0.25, 0.3) is 0 Å². The molecular weight excluding hydrogens is 326 g/mol. The summed E-state index contributed by atoms with van der Waals surface area (Å²) in [5, 5.41) is 2.74. The maximum atomic E-state index is 12.2. The second-order valence-corrected chi connectivity index (χ2v) is 6.73. The molecule has 25 heavy (non-hydrogen) atoms. The molecule has 1 saturated heterocycles. The minimum absolute atomic E-state index is 0.207. The number of pyridine rings is 1. The highest BCUT2D eigenvalue weighted by molar-refractivity contribution is 5.89. The van der Waals surface area contributed by atoms with Gasteiger partial charge in [-0.2, -0.15) is 0 Å². The van der Waals surface area contributed by atoms with Crippen molar-refractivity contribution in [3.05, 3.63) is 29.6 Å². The molecule has 1 N–H and O–H groups in total. The molecule has 1 aliphatic rings. The summed E-state index contributed by atoms with van der Waals surface area (Å²) in [6.45, 7) is 6.05. The van der Waals surface area contributed by atoms with Crippen molar-refractivity contribution in [2.24, 2.45) is 0 Å². The van der Waals surface area contributed by atoms with Crippen molar-refractivity contribution in [2.75, 3.05) is 13.7 Å². The predicted octanol–water partition coefficient (Wildman–Crippen LogP) is 1.49. The molecule has 0 aliphatic carbocycles. The van der Waals surface area contributed by atoms with Crippen molar-refractivity contribution in [3.8, 4) is 0 Å². The number of nitrogens with zero attached hydrogens (tertiary/aromatic N) is 2. The summed E-state index contributed by atoms with van der Waals surface area (Å²) in [6, 6.07) is 2.69. The molecule has 8 nitrogen and oxygen atoms in total. The number of amides is 2. The van der Waals surface area contributed by atoms with Gasteiger partial charge in [-0.05, 0) is 39.3 Å². The molecule has 0 spiro atoms. The van der Waals surface area contributed by atoms with Gasteiger partial charge in [-0.1, -0.05) is 0 Å². The molecule has 2 rings (SSSR count). The fraction of sp³-hybridized carbons (Fsp3) is 0.529. The number of rotatable bonds is 4. The van der Waals surface area contributed by atoms with Gasteiger partial charge in [0.15, 0.2) is 0 Å². The number of hydrogen-bond acceptors (Lipinski definition) is 6. The van der Waals surface area contributed by atoms with Crippen molar-refractivity contribution in [2.45, 2.75) is 45.4 Å². The Morgan fingerprint density at radius 2 is 2.04 bits per heavy atom. The first-order valence-electron chi connectivity index (χ1n) is 8.02. The molecule has 1 atom stereocenters. The maximum absolute atomic E-state index is 12.2. The van der Waals surface area contributed by atoms with Gasteiger partial charge < -0.3 is 14.8 Å². The lowest BCUT2D eigenvalue weighted by Crippen LogP contribution is -2.59. The highest BCUT2D eigenvalue weighted by Gasteiger charge is 2.39. The Hall–Kier alpha value is -2.64. The average Bonchev–Trinajstić information content (AvgIpc) is 2.49. The van der Waals surface area contributed by atoms with E-state index in [4.69, 9.17) is 4.74 Å². The molecular formula is C17H23N3O5. The molecule has 0 saturated carbocycles. The second kappa shape index (κ2) is 7.50. The number of nitrogens with one attached hydrogen (secondary N) is 1. The van der Waals surface area contributed by atoms with Crippen molar-refractivity contribution in [1.29, 1.82) is 0 Å². The molecule has 8 heteroatoms. The molecule has 0 radical (unpaired) electrons. The summed E-state index contributed by atoms with van der Waals surface area (Å²) in [4.78, 5) is 41.1. The van der Waals surface area contributed by atoms with Crippen LogP contribution in [0.3, 0.4) is 0 Å². The normalized spacial score (nSPS) is 16.6. The summed E-state index contributed by atoms with van der Waals surface area (Å²) < 4.78 is 9.88. The van der Waals surface area contributed by atoms with Crippen LogP contribution in [-0.4, -0.2) is 53.2 Å². The van der Waals surface area contributed by atoms with Gasteiger partial charge in [0.2, 0.25) is 5.91 Å². The Morgan fingerprint density at radius 3 is 2.52 bits per heavy atom. The zero-order valence-electron chi connectivity index (χ0n) is 14.9. The van der Waals surface area contributed by atoms with Crippen LogP contribution in [0.1, 0.15) is 43.2 Å². The Bertz CT molecular complexity index is 651. The van der Waals surface area contributed by atoms with E-state index >= 15 is 0 Å². The average molecular weight is 349 g/mol. The topological polar surface area (TPSA) is 97.8 Å². The Balaban J connectivity index is 1.86. The molecule has 1 fully saturated rings. The summed E-state index contributed by atoms with van der Waals surface area (Å²) in [5.74, 6) is -0.721. The minimum Gasteiger partial charge on any atom is -0.465 e. The van der Waals surface area contributed by atoms with E-state index in [1.807, 2.05) is 0 Å². The first kappa shape index (κ1) is 18.7. The van der Waals surface area contributed by atoms with E-state index < -0.39 is 23.7 Å². The van der Waals surface area contributed by atoms with Crippen LogP contribution in [-0.2, 0) is 20.8 Å². The number of carbonyl (C=O) groups is 3. The lowest BCUT2D eigenvalue weighted by atomic mass is 10.0. The van der Waals surface area contributed by atoms with E-state index in [1.54, 1.807) is 32.9 Å². The van der Waals surface area contributed by atoms with Crippen LogP contribution in [0, 0.1) is 0 Å². The second-order valence-electron chi connectivity index (χ2n) is 6.73. The highest BCUT2D eigenvalue weighted by atomic mass is 16.6. The van der Waals surface area contributed by atoms with Gasteiger partial charge in [-0.15, -0.1) is 0 Å². The lowest BCUT2D eigenvalue weighted by Gasteiger charge is -2.40. The van der Waals surface area contributed by atoms with Gasteiger partial charge in [0.05, 0.1) is 24.9 Å². The van der Waals surface area contributed by atoms with E-state index in [0.29, 0.717) is 24.2 Å². The third-order valence-corrected chi connectivity index (χ3v) is 3.64. The fourth-order valence-electron chi connectivity index (χ4n) is 2.26. The quantitative estimate of drug-likeness (QED) is 0.827. The number of hydrogen-bond donors (Lipinski definition) is 1. The Kier molecular flexibility index (Phi) is 5.61. The van der Waals surface area contributed by atoms with Crippen LogP contribution in [0.5, 0.6) is 0 Å². The SMILES string of the molecule is COC(=O)c1ccc(CNC(=O)[C@H]2CCN2C(=O)OC(C)(C)C)nc1. The number of likely N-dealkylation sites (tertiary alicyclic amines) is 1. The largest absolute Gasteiger partial charge is 0.465 e. The summed E-state index contributed by atoms with van der Waals surface area (Å²) in [6.07, 6.45) is 1.50. The highest BCUT2D eigenvalue weighted by Crippen LogP contribution is 2.21. The summed E-state index contributed by atoms with van der Waals surface area (Å²) >= 11 is 0. The number of methoxy groups -OCH3 is 1. The van der Waals surface area contributed by atoms with Crippen molar-refractivity contribution in [1.82, 2.24) is 15.2 Å². The molecule has 1 aliphatic heterocycles. The molecule has 0 unspecified atom stereocenters. The van der Waals surface area contributed by atoms with Gasteiger partial charge in [-0.3, -0.25) is 14.7 Å². The zero-order chi connectivity index (χ0) is 18.6. The number of esters is 1. The number of carbonyl (C=O) groups excluding carboxylic acids is 3. The smallest absolute Gasteiger partial charge is 0.410 e. The van der Waals surface area contributed by atoms with Gasteiger partial charge >= 0.3 is 12.1 Å². The summed E-state index contributed by atoms with van der Waals surface area (Å²) in [7, 11) is 1.30. The van der Waals surface area contributed by atoms with Crippen LogP contribution in [0.2, 0.25) is 0 Å². The standard InChI is InChI=1S/C17H23N3O5/c1-17(2,3)25-16(23)20-8-7-13(20)14(21)19-10-12-6-5-11(9-18-12)15(22)24-4/h5-6,9,13H,7-8,10H2,1-4H3,(H,19,21)/t13-/m1/s1. The van der Waals surface area contributed by atoms with Crippen LogP contribution in [0.25, 0.3) is 0 Å². The molecule has 1 aromatic heterocycles. The van der Waals surface area contributed by atoms with Crippen molar-refractivity contribution in [3.63, 3.8) is 0 Å². The van der Waals surface area contributed by atoms with Crippen LogP contribution in [0.4, 0.5) is 4.79 Å². The minimum atomic E-state index is -0.598. The Labute approximate surface area is 146 Å². The fourth-order valence-corrected chi connectivity index (χ4v) is 2.26. The first-order valence-corrected chi connectivity index (χ1v) is 8.02. The lowest BCUT2D eigenvalue weighted by molar-refractivity contribution is -0.130. The molecule has 136 valence electrons. The maximum Gasteiger partial charge on any atom is 0.410 e. The third-order valence-electron chi connectivity index (χ3n) is 3.64. The summed E-state index contributed by atoms with van der Waals surface area (Å²) in [5.41, 5.74) is 0.343. The predicted molar refractivity (Wildman–Crippen MR) is 88.8 cm³/mol. The Morgan fingerprint density at radius 1 is 1.32 bits per heavy atom. The van der Waals surface area contributed by atoms with E-state index in [0.717, 1.165) is 0 Å². The zero-order valence-corrected chi connectivity index (χ0v) is 14.9. The van der Waals surface area contributed by atoms with E-state index in [2.05, 4.69) is 15.0 Å². The van der Waals surface area contributed by atoms with Gasteiger partial charge in [-0.25, -0.2) is 9.59 Å². The number of ether oxygens (including phenoxy) is 2. The molecule has 1 aromatic rings. The van der Waals surface area contributed by atoms with Crippen LogP contribution in [0.15, 0.2) is 18.3 Å². The van der Waals surface area contributed by atoms with E-state index in [9.17, 15) is 14.4 Å². The van der Waals surface area contributed by atoms with E-state index in [1.165, 1.54) is 18.2 Å². The molecule has 2 amide bonds. The van der Waals surface area contributed by atoms with Crippen molar-refractivity contribution >= 4 is 18.0 Å². The van der Waals surface area contributed by atoms with Crippen LogP contribution < -0.4 is 5.32 Å². The van der Waals surface area contributed by atoms with Crippen molar-refractivity contribution < 1.29 is 23.9 Å². The third kappa shape index (κ3) is 4.91.